The minimum absolute atomic E-state index is 0.233. The first-order chi connectivity index (χ1) is 8.78. The molecule has 0 aliphatic rings. The lowest BCUT2D eigenvalue weighted by molar-refractivity contribution is 0.506. The van der Waals surface area contributed by atoms with E-state index < -0.39 is 0 Å². The summed E-state index contributed by atoms with van der Waals surface area (Å²) >= 11 is 5.61. The minimum atomic E-state index is 0.233. The van der Waals surface area contributed by atoms with Gasteiger partial charge < -0.3 is 9.73 Å². The van der Waals surface area contributed by atoms with E-state index in [4.69, 9.17) is 16.0 Å². The maximum Gasteiger partial charge on any atom is 0.315 e. The number of aryl methyl sites for hydroxylation is 1. The third-order valence-corrected chi connectivity index (χ3v) is 2.72. The Labute approximate surface area is 111 Å². The zero-order valence-electron chi connectivity index (χ0n) is 10.3. The number of rotatable bonds is 6. The van der Waals surface area contributed by atoms with E-state index >= 15 is 0 Å². The minimum Gasteiger partial charge on any atom is -0.408 e. The van der Waals surface area contributed by atoms with Gasteiger partial charge in [-0.3, -0.25) is 0 Å². The molecule has 4 nitrogen and oxygen atoms in total. The molecule has 1 atom stereocenters. The number of benzene rings is 1. The molecule has 1 unspecified atom stereocenters. The average Bonchev–Trinajstić information content (AvgIpc) is 2.78. The van der Waals surface area contributed by atoms with Gasteiger partial charge in [-0.2, -0.15) is 0 Å². The van der Waals surface area contributed by atoms with Crippen molar-refractivity contribution in [2.45, 2.75) is 25.8 Å². The lowest BCUT2D eigenvalue weighted by Gasteiger charge is -2.11. The Bertz CT molecular complexity index is 472. The molecule has 0 aliphatic carbocycles. The lowest BCUT2D eigenvalue weighted by atomic mass is 10.1. The zero-order valence-corrected chi connectivity index (χ0v) is 11.0. The second-order valence-corrected chi connectivity index (χ2v) is 4.55. The van der Waals surface area contributed by atoms with E-state index in [1.54, 1.807) is 0 Å². The highest BCUT2D eigenvalue weighted by atomic mass is 35.5. The molecule has 0 saturated heterocycles. The average molecular weight is 266 g/mol. The van der Waals surface area contributed by atoms with Crippen molar-refractivity contribution in [3.63, 3.8) is 0 Å². The summed E-state index contributed by atoms with van der Waals surface area (Å²) in [6.45, 7) is 2.08. The quantitative estimate of drug-likeness (QED) is 0.816. The fourth-order valence-corrected chi connectivity index (χ4v) is 1.88. The summed E-state index contributed by atoms with van der Waals surface area (Å²) in [5, 5.41) is 11.0. The zero-order chi connectivity index (χ0) is 12.8. The topological polar surface area (TPSA) is 51.0 Å². The molecule has 2 rings (SSSR count). The number of hydrogen-bond donors (Lipinski definition) is 1. The lowest BCUT2D eigenvalue weighted by Crippen LogP contribution is -2.18. The molecule has 1 aromatic carbocycles. The van der Waals surface area contributed by atoms with E-state index in [0.29, 0.717) is 24.2 Å². The van der Waals surface area contributed by atoms with Crippen LogP contribution < -0.4 is 5.32 Å². The standard InChI is InChI=1S/C13H16ClN3O/c1-10(9-11-5-3-2-4-6-11)15-13-17-16-12(18-13)7-8-14/h2-6,10H,7-9H2,1H3,(H,15,17). The van der Waals surface area contributed by atoms with Crippen LogP contribution in [0.5, 0.6) is 0 Å². The van der Waals surface area contributed by atoms with Crippen LogP contribution in [0, 0.1) is 0 Å². The summed E-state index contributed by atoms with van der Waals surface area (Å²) in [4.78, 5) is 0. The van der Waals surface area contributed by atoms with Crippen LogP contribution in [0.25, 0.3) is 0 Å². The van der Waals surface area contributed by atoms with Crippen molar-refractivity contribution in [2.24, 2.45) is 0 Å². The SMILES string of the molecule is CC(Cc1ccccc1)Nc1nnc(CCCl)o1. The van der Waals surface area contributed by atoms with E-state index in [1.807, 2.05) is 18.2 Å². The number of nitrogens with zero attached hydrogens (tertiary/aromatic N) is 2. The molecule has 18 heavy (non-hydrogen) atoms. The Morgan fingerprint density at radius 3 is 2.78 bits per heavy atom. The monoisotopic (exact) mass is 265 g/mol. The number of halogens is 1. The molecule has 0 fully saturated rings. The van der Waals surface area contributed by atoms with Gasteiger partial charge in [-0.1, -0.05) is 35.4 Å². The van der Waals surface area contributed by atoms with Crippen LogP contribution in [0.4, 0.5) is 6.01 Å². The number of anilines is 1. The Kier molecular flexibility index (Phi) is 4.59. The second-order valence-electron chi connectivity index (χ2n) is 4.18. The first kappa shape index (κ1) is 12.9. The Morgan fingerprint density at radius 1 is 1.28 bits per heavy atom. The summed E-state index contributed by atoms with van der Waals surface area (Å²) in [7, 11) is 0. The van der Waals surface area contributed by atoms with E-state index in [1.165, 1.54) is 5.56 Å². The van der Waals surface area contributed by atoms with Gasteiger partial charge in [0.05, 0.1) is 0 Å². The summed E-state index contributed by atoms with van der Waals surface area (Å²) in [6, 6.07) is 11.0. The molecule has 2 aromatic rings. The molecule has 1 heterocycles. The van der Waals surface area contributed by atoms with E-state index in [9.17, 15) is 0 Å². The Hall–Kier alpha value is -1.55. The van der Waals surface area contributed by atoms with Gasteiger partial charge >= 0.3 is 6.01 Å². The van der Waals surface area contributed by atoms with Gasteiger partial charge in [0, 0.05) is 18.3 Å². The number of alkyl halides is 1. The van der Waals surface area contributed by atoms with Gasteiger partial charge in [0.2, 0.25) is 5.89 Å². The van der Waals surface area contributed by atoms with Gasteiger partial charge in [-0.15, -0.1) is 16.7 Å². The van der Waals surface area contributed by atoms with Crippen LogP contribution in [0.2, 0.25) is 0 Å². The van der Waals surface area contributed by atoms with Crippen LogP contribution in [0.1, 0.15) is 18.4 Å². The van der Waals surface area contributed by atoms with Crippen molar-refractivity contribution in [2.75, 3.05) is 11.2 Å². The predicted octanol–water partition coefficient (Wildman–Crippen LogP) is 2.89. The summed E-state index contributed by atoms with van der Waals surface area (Å²) in [5.74, 6) is 1.06. The van der Waals surface area contributed by atoms with E-state index in [2.05, 4.69) is 34.6 Å². The summed E-state index contributed by atoms with van der Waals surface area (Å²) in [6.07, 6.45) is 1.51. The molecule has 5 heteroatoms. The van der Waals surface area contributed by atoms with Crippen LogP contribution in [-0.2, 0) is 12.8 Å². The van der Waals surface area contributed by atoms with Crippen molar-refractivity contribution in [1.29, 1.82) is 0 Å². The van der Waals surface area contributed by atoms with Crippen LogP contribution >= 0.6 is 11.6 Å². The smallest absolute Gasteiger partial charge is 0.315 e. The molecular weight excluding hydrogens is 250 g/mol. The van der Waals surface area contributed by atoms with Gasteiger partial charge in [0.1, 0.15) is 0 Å². The molecule has 1 aromatic heterocycles. The van der Waals surface area contributed by atoms with Crippen LogP contribution in [0.15, 0.2) is 34.7 Å². The van der Waals surface area contributed by atoms with Crippen molar-refractivity contribution in [1.82, 2.24) is 10.2 Å². The maximum absolute atomic E-state index is 5.61. The van der Waals surface area contributed by atoms with Crippen molar-refractivity contribution < 1.29 is 4.42 Å². The van der Waals surface area contributed by atoms with Gasteiger partial charge in [0.25, 0.3) is 0 Å². The molecule has 0 spiro atoms. The predicted molar refractivity (Wildman–Crippen MR) is 72.0 cm³/mol. The molecule has 0 amide bonds. The largest absolute Gasteiger partial charge is 0.408 e. The van der Waals surface area contributed by atoms with Crippen LogP contribution in [0.3, 0.4) is 0 Å². The third kappa shape index (κ3) is 3.74. The van der Waals surface area contributed by atoms with Crippen molar-refractivity contribution in [3.8, 4) is 0 Å². The summed E-state index contributed by atoms with van der Waals surface area (Å²) in [5.41, 5.74) is 1.28. The first-order valence-corrected chi connectivity index (χ1v) is 6.50. The number of nitrogens with one attached hydrogen (secondary N) is 1. The normalized spacial score (nSPS) is 12.3. The molecular formula is C13H16ClN3O. The summed E-state index contributed by atoms with van der Waals surface area (Å²) < 4.78 is 5.41. The van der Waals surface area contributed by atoms with Crippen molar-refractivity contribution >= 4 is 17.6 Å². The molecule has 0 radical (unpaired) electrons. The van der Waals surface area contributed by atoms with Crippen LogP contribution in [-0.4, -0.2) is 22.1 Å². The highest BCUT2D eigenvalue weighted by molar-refractivity contribution is 6.17. The van der Waals surface area contributed by atoms with Gasteiger partial charge in [-0.25, -0.2) is 0 Å². The maximum atomic E-state index is 5.61. The Balaban J connectivity index is 1.88. The first-order valence-electron chi connectivity index (χ1n) is 5.96. The fourth-order valence-electron chi connectivity index (χ4n) is 1.72. The highest BCUT2D eigenvalue weighted by Crippen LogP contribution is 2.10. The van der Waals surface area contributed by atoms with E-state index in [-0.39, 0.29) is 6.04 Å². The second kappa shape index (κ2) is 6.40. The molecule has 0 saturated carbocycles. The van der Waals surface area contributed by atoms with E-state index in [0.717, 1.165) is 6.42 Å². The number of hydrogen-bond acceptors (Lipinski definition) is 4. The third-order valence-electron chi connectivity index (χ3n) is 2.53. The fraction of sp³-hybridized carbons (Fsp3) is 0.385. The Morgan fingerprint density at radius 2 is 2.06 bits per heavy atom. The molecule has 0 bridgehead atoms. The molecule has 0 aliphatic heterocycles. The van der Waals surface area contributed by atoms with Crippen molar-refractivity contribution in [3.05, 3.63) is 41.8 Å². The highest BCUT2D eigenvalue weighted by Gasteiger charge is 2.09. The van der Waals surface area contributed by atoms with Gasteiger partial charge in [0.15, 0.2) is 0 Å². The molecule has 96 valence electrons. The molecule has 1 N–H and O–H groups in total. The van der Waals surface area contributed by atoms with Gasteiger partial charge in [-0.05, 0) is 18.9 Å². The number of aromatic nitrogens is 2.